The van der Waals surface area contributed by atoms with Gasteiger partial charge in [0.05, 0.1) is 28.2 Å². The van der Waals surface area contributed by atoms with E-state index in [4.69, 9.17) is 9.97 Å². The monoisotopic (exact) mass is 813 g/mol. The van der Waals surface area contributed by atoms with Crippen molar-refractivity contribution in [2.75, 3.05) is 4.90 Å². The number of anilines is 3. The third-order valence-corrected chi connectivity index (χ3v) is 13.4. The number of hydrogen-bond acceptors (Lipinski definition) is 3. The van der Waals surface area contributed by atoms with Gasteiger partial charge in [0.2, 0.25) is 0 Å². The average Bonchev–Trinajstić information content (AvgIpc) is 3.66. The van der Waals surface area contributed by atoms with Crippen molar-refractivity contribution in [3.05, 3.63) is 259 Å². The van der Waals surface area contributed by atoms with Gasteiger partial charge in [-0.25, -0.2) is 9.97 Å². The molecule has 0 atom stereocenters. The van der Waals surface area contributed by atoms with Crippen LogP contribution in [0.3, 0.4) is 0 Å². The molecule has 13 rings (SSSR count). The van der Waals surface area contributed by atoms with E-state index in [0.29, 0.717) is 5.82 Å². The van der Waals surface area contributed by atoms with Gasteiger partial charge in [-0.15, -0.1) is 0 Å². The summed E-state index contributed by atoms with van der Waals surface area (Å²) >= 11 is 0. The Kier molecular flexibility index (Phi) is 8.13. The van der Waals surface area contributed by atoms with Crippen LogP contribution in [0.4, 0.5) is 17.1 Å². The third-order valence-electron chi connectivity index (χ3n) is 13.4. The fourth-order valence-corrected chi connectivity index (χ4v) is 10.7. The molecule has 64 heavy (non-hydrogen) atoms. The summed E-state index contributed by atoms with van der Waals surface area (Å²) in [6.45, 7) is 0. The van der Waals surface area contributed by atoms with Crippen LogP contribution in [0.5, 0.6) is 0 Å². The lowest BCUT2D eigenvalue weighted by Crippen LogP contribution is -2.36. The van der Waals surface area contributed by atoms with E-state index in [1.807, 2.05) is 24.3 Å². The predicted molar refractivity (Wildman–Crippen MR) is 264 cm³/mol. The summed E-state index contributed by atoms with van der Waals surface area (Å²) in [6, 6.07) is 86.0. The van der Waals surface area contributed by atoms with Gasteiger partial charge in [0.1, 0.15) is 0 Å². The number of aromatic nitrogens is 2. The molecule has 3 heteroatoms. The first kappa shape index (κ1) is 36.3. The molecule has 0 unspecified atom stereocenters. The molecule has 1 spiro atoms. The Bertz CT molecular complexity index is 3470. The minimum Gasteiger partial charge on any atom is -0.309 e. The summed E-state index contributed by atoms with van der Waals surface area (Å²) < 4.78 is 0. The summed E-state index contributed by atoms with van der Waals surface area (Å²) in [4.78, 5) is 12.8. The van der Waals surface area contributed by atoms with Gasteiger partial charge in [-0.05, 0) is 85.6 Å². The molecule has 3 nitrogen and oxygen atoms in total. The van der Waals surface area contributed by atoms with Crippen molar-refractivity contribution >= 4 is 38.6 Å². The van der Waals surface area contributed by atoms with Crippen molar-refractivity contribution in [3.63, 3.8) is 0 Å². The molecular weight excluding hydrogens is 775 g/mol. The smallest absolute Gasteiger partial charge is 0.160 e. The SMILES string of the molecule is c1ccc(-c2cc(-c3cccc(-c4ccc5c(c4)-c4ccccc4C54c5ccc6ccccc6c5N(c5ccccc5)c5c4ccc4ccccc54)c3)nc(-c3ccccc3)n2)cc1. The molecule has 0 fully saturated rings. The van der Waals surface area contributed by atoms with E-state index < -0.39 is 5.41 Å². The summed E-state index contributed by atoms with van der Waals surface area (Å²) in [5.41, 5.74) is 17.9. The first-order valence-corrected chi connectivity index (χ1v) is 22.0. The van der Waals surface area contributed by atoms with E-state index in [-0.39, 0.29) is 0 Å². The zero-order valence-corrected chi connectivity index (χ0v) is 34.9. The van der Waals surface area contributed by atoms with Crippen LogP contribution in [0.1, 0.15) is 22.3 Å². The van der Waals surface area contributed by atoms with Gasteiger partial charge < -0.3 is 4.90 Å². The van der Waals surface area contributed by atoms with E-state index in [1.54, 1.807) is 0 Å². The standard InChI is InChI=1S/C61H39N3/c1-4-19-42(20-5-1)56-39-57(63-60(62-56)43-21-6-2-7-22-43)46-24-16-23-44(37-46)45-33-34-53-51(38-45)50-29-14-15-30-52(50)61(53)54-35-31-40-17-10-12-27-48(40)58(54)64(47-25-8-3-9-26-47)59-49-28-13-11-18-41(49)32-36-55(59)61/h1-39H. The molecule has 0 bridgehead atoms. The molecule has 2 aliphatic rings. The van der Waals surface area contributed by atoms with E-state index >= 15 is 0 Å². The minimum absolute atomic E-state index is 0.584. The van der Waals surface area contributed by atoms with E-state index in [1.165, 1.54) is 66.3 Å². The Hall–Kier alpha value is -8.40. The lowest BCUT2D eigenvalue weighted by atomic mass is 9.63. The molecule has 0 saturated heterocycles. The number of para-hydroxylation sites is 1. The molecule has 0 N–H and O–H groups in total. The Morgan fingerprint density at radius 2 is 0.812 bits per heavy atom. The maximum atomic E-state index is 5.18. The normalized spacial score (nSPS) is 13.1. The Morgan fingerprint density at radius 3 is 1.50 bits per heavy atom. The first-order chi connectivity index (χ1) is 31.7. The summed E-state index contributed by atoms with van der Waals surface area (Å²) in [7, 11) is 0. The summed E-state index contributed by atoms with van der Waals surface area (Å²) in [5.74, 6) is 0.709. The van der Waals surface area contributed by atoms with Crippen molar-refractivity contribution in [2.45, 2.75) is 5.41 Å². The van der Waals surface area contributed by atoms with Gasteiger partial charge in [0.15, 0.2) is 5.82 Å². The van der Waals surface area contributed by atoms with E-state index in [0.717, 1.165) is 44.9 Å². The highest BCUT2D eigenvalue weighted by Gasteiger charge is 2.52. The zero-order valence-electron chi connectivity index (χ0n) is 34.9. The van der Waals surface area contributed by atoms with Crippen LogP contribution >= 0.6 is 0 Å². The van der Waals surface area contributed by atoms with Crippen molar-refractivity contribution in [1.29, 1.82) is 0 Å². The molecule has 10 aromatic carbocycles. The lowest BCUT2D eigenvalue weighted by Gasteiger charge is -2.46. The largest absolute Gasteiger partial charge is 0.309 e. The average molecular weight is 814 g/mol. The summed E-state index contributed by atoms with van der Waals surface area (Å²) in [5, 5.41) is 4.91. The predicted octanol–water partition coefficient (Wildman–Crippen LogP) is 15.6. The Balaban J connectivity index is 1.04. The molecule has 2 heterocycles. The van der Waals surface area contributed by atoms with Gasteiger partial charge in [-0.1, -0.05) is 206 Å². The van der Waals surface area contributed by atoms with E-state index in [9.17, 15) is 0 Å². The zero-order chi connectivity index (χ0) is 42.2. The van der Waals surface area contributed by atoms with Crippen molar-refractivity contribution in [3.8, 4) is 56.2 Å². The second-order valence-electron chi connectivity index (χ2n) is 16.9. The molecule has 0 radical (unpaired) electrons. The lowest BCUT2D eigenvalue weighted by molar-refractivity contribution is 0.756. The highest BCUT2D eigenvalue weighted by atomic mass is 15.2. The second-order valence-corrected chi connectivity index (χ2v) is 16.9. The second kappa shape index (κ2) is 14.3. The fourth-order valence-electron chi connectivity index (χ4n) is 10.7. The van der Waals surface area contributed by atoms with Gasteiger partial charge in [-0.3, -0.25) is 0 Å². The Labute approximate surface area is 372 Å². The quantitative estimate of drug-likeness (QED) is 0.173. The number of rotatable bonds is 5. The first-order valence-electron chi connectivity index (χ1n) is 22.0. The van der Waals surface area contributed by atoms with Crippen molar-refractivity contribution in [2.24, 2.45) is 0 Å². The van der Waals surface area contributed by atoms with E-state index in [2.05, 4.69) is 217 Å². The fraction of sp³-hybridized carbons (Fsp3) is 0.0164. The van der Waals surface area contributed by atoms with Crippen LogP contribution in [-0.4, -0.2) is 9.97 Å². The van der Waals surface area contributed by atoms with Gasteiger partial charge >= 0.3 is 0 Å². The molecule has 0 saturated carbocycles. The third kappa shape index (κ3) is 5.41. The molecule has 1 aliphatic carbocycles. The van der Waals surface area contributed by atoms with Gasteiger partial charge in [0, 0.05) is 33.2 Å². The molecular formula is C61H39N3. The Morgan fingerprint density at radius 1 is 0.312 bits per heavy atom. The van der Waals surface area contributed by atoms with Crippen molar-refractivity contribution < 1.29 is 0 Å². The number of benzene rings is 10. The maximum Gasteiger partial charge on any atom is 0.160 e. The number of hydrogen-bond donors (Lipinski definition) is 0. The van der Waals surface area contributed by atoms with Crippen LogP contribution in [-0.2, 0) is 5.41 Å². The van der Waals surface area contributed by atoms with Crippen LogP contribution in [0, 0.1) is 0 Å². The number of nitrogens with zero attached hydrogens (tertiary/aromatic N) is 3. The molecule has 298 valence electrons. The van der Waals surface area contributed by atoms with Gasteiger partial charge in [-0.2, -0.15) is 0 Å². The van der Waals surface area contributed by atoms with Crippen LogP contribution < -0.4 is 4.90 Å². The highest BCUT2D eigenvalue weighted by Crippen LogP contribution is 2.65. The molecule has 0 amide bonds. The van der Waals surface area contributed by atoms with Gasteiger partial charge in [0.25, 0.3) is 0 Å². The maximum absolute atomic E-state index is 5.18. The molecule has 1 aliphatic heterocycles. The molecule has 11 aromatic rings. The van der Waals surface area contributed by atoms with Crippen LogP contribution in [0.2, 0.25) is 0 Å². The highest BCUT2D eigenvalue weighted by molar-refractivity contribution is 6.12. The number of fused-ring (bicyclic) bond motifs is 13. The molecule has 1 aromatic heterocycles. The van der Waals surface area contributed by atoms with Crippen molar-refractivity contribution in [1.82, 2.24) is 9.97 Å². The minimum atomic E-state index is -0.584. The van der Waals surface area contributed by atoms with Crippen LogP contribution in [0.15, 0.2) is 237 Å². The summed E-state index contributed by atoms with van der Waals surface area (Å²) in [6.07, 6.45) is 0. The topological polar surface area (TPSA) is 29.0 Å². The van der Waals surface area contributed by atoms with Crippen LogP contribution in [0.25, 0.3) is 77.7 Å².